The van der Waals surface area contributed by atoms with E-state index in [2.05, 4.69) is 37.7 Å². The van der Waals surface area contributed by atoms with Crippen LogP contribution in [0.1, 0.15) is 16.7 Å². The van der Waals surface area contributed by atoms with Crippen LogP contribution in [0.5, 0.6) is 17.2 Å². The third-order valence-corrected chi connectivity index (χ3v) is 7.38. The minimum absolute atomic E-state index is 0.444. The highest BCUT2D eigenvalue weighted by atomic mass is 79.9. The average Bonchev–Trinajstić information content (AvgIpc) is 2.92. The summed E-state index contributed by atoms with van der Waals surface area (Å²) in [6.45, 7) is 4.15. The highest BCUT2D eigenvalue weighted by molar-refractivity contribution is 9.10. The van der Waals surface area contributed by atoms with Crippen LogP contribution in [0, 0.1) is 6.92 Å². The van der Waals surface area contributed by atoms with Gasteiger partial charge in [-0.2, -0.15) is 0 Å². The number of nitrogens with zero attached hydrogens (tertiary/aromatic N) is 1. The number of anilines is 2. The first-order valence-electron chi connectivity index (χ1n) is 12.8. The van der Waals surface area contributed by atoms with Crippen molar-refractivity contribution in [2.24, 2.45) is 0 Å². The Bertz CT molecular complexity index is 1510. The maximum Gasteiger partial charge on any atom is 0.229 e. The molecule has 210 valence electrons. The molecule has 0 bridgehead atoms. The van der Waals surface area contributed by atoms with E-state index in [-0.39, 0.29) is 0 Å². The molecule has 1 N–H and O–H groups in total. The van der Waals surface area contributed by atoms with Gasteiger partial charge in [-0.25, -0.2) is 8.42 Å². The molecule has 7 nitrogen and oxygen atoms in total. The zero-order valence-electron chi connectivity index (χ0n) is 22.8. The average molecular weight is 626 g/mol. The van der Waals surface area contributed by atoms with Crippen molar-refractivity contribution in [2.45, 2.75) is 20.0 Å². The van der Waals surface area contributed by atoms with Gasteiger partial charge in [0.25, 0.3) is 0 Å². The summed E-state index contributed by atoms with van der Waals surface area (Å²) in [5.41, 5.74) is 4.63. The number of nitrogens with one attached hydrogen (secondary N) is 1. The SMILES string of the molecule is COCCOc1cc(Oc2ccc(CN(Cc3ccccc3)c3cccc(NS(C)(=O)=O)c3C)cc2)ccc1Br. The first-order valence-corrected chi connectivity index (χ1v) is 15.4. The normalized spacial score (nSPS) is 11.2. The number of methoxy groups -OCH3 is 1. The molecule has 4 aromatic rings. The Balaban J connectivity index is 1.54. The first kappa shape index (κ1) is 29.5. The van der Waals surface area contributed by atoms with Crippen LogP contribution in [0.4, 0.5) is 11.4 Å². The molecule has 0 saturated heterocycles. The number of ether oxygens (including phenoxy) is 3. The van der Waals surface area contributed by atoms with Gasteiger partial charge in [0.1, 0.15) is 23.9 Å². The molecule has 0 atom stereocenters. The zero-order chi connectivity index (χ0) is 28.5. The van der Waals surface area contributed by atoms with Crippen LogP contribution in [0.3, 0.4) is 0 Å². The second kappa shape index (κ2) is 13.7. The van der Waals surface area contributed by atoms with Crippen molar-refractivity contribution in [3.8, 4) is 17.2 Å². The van der Waals surface area contributed by atoms with Crippen LogP contribution in [0.25, 0.3) is 0 Å². The van der Waals surface area contributed by atoms with E-state index in [1.165, 1.54) is 0 Å². The summed E-state index contributed by atoms with van der Waals surface area (Å²) in [5, 5.41) is 0. The van der Waals surface area contributed by atoms with Crippen molar-refractivity contribution >= 4 is 37.3 Å². The number of sulfonamides is 1. The fraction of sp³-hybridized carbons (Fsp3) is 0.226. The Morgan fingerprint density at radius 2 is 1.50 bits per heavy atom. The Kier molecular flexibility index (Phi) is 10.1. The molecule has 0 fully saturated rings. The molecule has 0 spiro atoms. The van der Waals surface area contributed by atoms with Crippen LogP contribution in [0.2, 0.25) is 0 Å². The van der Waals surface area contributed by atoms with Crippen LogP contribution in [0.15, 0.2) is 95.5 Å². The molecule has 0 aliphatic heterocycles. The van der Waals surface area contributed by atoms with Crippen molar-refractivity contribution in [3.05, 3.63) is 112 Å². The molecular formula is C31H33BrN2O5S. The van der Waals surface area contributed by atoms with E-state index in [0.717, 1.165) is 33.1 Å². The topological polar surface area (TPSA) is 77.1 Å². The molecular weight excluding hydrogens is 592 g/mol. The lowest BCUT2D eigenvalue weighted by atomic mass is 10.1. The summed E-state index contributed by atoms with van der Waals surface area (Å²) in [5.74, 6) is 2.06. The minimum atomic E-state index is -3.40. The Morgan fingerprint density at radius 3 is 2.17 bits per heavy atom. The van der Waals surface area contributed by atoms with E-state index in [4.69, 9.17) is 14.2 Å². The van der Waals surface area contributed by atoms with Crippen molar-refractivity contribution < 1.29 is 22.6 Å². The van der Waals surface area contributed by atoms with Crippen molar-refractivity contribution in [1.29, 1.82) is 0 Å². The quantitative estimate of drug-likeness (QED) is 0.159. The number of hydrogen-bond donors (Lipinski definition) is 1. The Morgan fingerprint density at radius 1 is 0.825 bits per heavy atom. The molecule has 0 aromatic heterocycles. The van der Waals surface area contributed by atoms with Gasteiger partial charge in [-0.3, -0.25) is 4.72 Å². The lowest BCUT2D eigenvalue weighted by molar-refractivity contribution is 0.146. The summed E-state index contributed by atoms with van der Waals surface area (Å²) in [6.07, 6.45) is 1.16. The molecule has 0 amide bonds. The molecule has 40 heavy (non-hydrogen) atoms. The molecule has 0 radical (unpaired) electrons. The van der Waals surface area contributed by atoms with Gasteiger partial charge in [0.2, 0.25) is 10.0 Å². The summed E-state index contributed by atoms with van der Waals surface area (Å²) in [4.78, 5) is 2.24. The fourth-order valence-electron chi connectivity index (χ4n) is 4.22. The maximum absolute atomic E-state index is 11.9. The summed E-state index contributed by atoms with van der Waals surface area (Å²) < 4.78 is 44.2. The standard InChI is InChI=1S/C31H33BrN2O5S/c1-23-29(33-40(3,35)36)10-7-11-30(23)34(21-24-8-5-4-6-9-24)22-25-12-14-26(15-13-25)39-27-16-17-28(32)31(20-27)38-19-18-37-2/h4-17,20,33H,18-19,21-22H2,1-3H3. The Labute approximate surface area is 244 Å². The third kappa shape index (κ3) is 8.48. The molecule has 0 aliphatic carbocycles. The van der Waals surface area contributed by atoms with E-state index in [1.54, 1.807) is 13.2 Å². The molecule has 0 heterocycles. The number of halogens is 1. The van der Waals surface area contributed by atoms with Crippen molar-refractivity contribution in [3.63, 3.8) is 0 Å². The lowest BCUT2D eigenvalue weighted by Gasteiger charge is -2.28. The van der Waals surface area contributed by atoms with Gasteiger partial charge in [-0.15, -0.1) is 0 Å². The van der Waals surface area contributed by atoms with Crippen LogP contribution in [-0.4, -0.2) is 35.0 Å². The molecule has 0 saturated carbocycles. The monoisotopic (exact) mass is 624 g/mol. The van der Waals surface area contributed by atoms with E-state index in [9.17, 15) is 8.42 Å². The van der Waals surface area contributed by atoms with Crippen LogP contribution in [-0.2, 0) is 27.8 Å². The van der Waals surface area contributed by atoms with E-state index in [1.807, 2.05) is 79.7 Å². The van der Waals surface area contributed by atoms with Gasteiger partial charge in [0.15, 0.2) is 0 Å². The predicted molar refractivity (Wildman–Crippen MR) is 164 cm³/mol. The van der Waals surface area contributed by atoms with Gasteiger partial charge < -0.3 is 19.1 Å². The van der Waals surface area contributed by atoms with Crippen molar-refractivity contribution in [2.75, 3.05) is 36.2 Å². The number of hydrogen-bond acceptors (Lipinski definition) is 6. The highest BCUT2D eigenvalue weighted by Crippen LogP contribution is 2.33. The number of rotatable bonds is 13. The minimum Gasteiger partial charge on any atom is -0.490 e. The molecule has 0 aliphatic rings. The number of benzene rings is 4. The first-order chi connectivity index (χ1) is 19.2. The largest absolute Gasteiger partial charge is 0.490 e. The van der Waals surface area contributed by atoms with Gasteiger partial charge in [-0.1, -0.05) is 48.5 Å². The zero-order valence-corrected chi connectivity index (χ0v) is 25.2. The molecule has 0 unspecified atom stereocenters. The molecule has 4 rings (SSSR count). The van der Waals surface area contributed by atoms with E-state index in [0.29, 0.717) is 49.2 Å². The fourth-order valence-corrected chi connectivity index (χ4v) is 5.20. The van der Waals surface area contributed by atoms with Crippen LogP contribution >= 0.6 is 15.9 Å². The van der Waals surface area contributed by atoms with Gasteiger partial charge in [-0.05, 0) is 75.9 Å². The maximum atomic E-state index is 11.9. The second-order valence-corrected chi connectivity index (χ2v) is 11.9. The molecule has 9 heteroatoms. The lowest BCUT2D eigenvalue weighted by Crippen LogP contribution is -2.23. The van der Waals surface area contributed by atoms with E-state index < -0.39 is 10.0 Å². The van der Waals surface area contributed by atoms with E-state index >= 15 is 0 Å². The second-order valence-electron chi connectivity index (χ2n) is 9.35. The van der Waals surface area contributed by atoms with Gasteiger partial charge >= 0.3 is 0 Å². The summed E-state index contributed by atoms with van der Waals surface area (Å²) >= 11 is 3.51. The van der Waals surface area contributed by atoms with Crippen molar-refractivity contribution in [1.82, 2.24) is 0 Å². The smallest absolute Gasteiger partial charge is 0.229 e. The predicted octanol–water partition coefficient (Wildman–Crippen LogP) is 7.15. The summed E-state index contributed by atoms with van der Waals surface area (Å²) in [6, 6.07) is 29.4. The Hall–Kier alpha value is -3.53. The third-order valence-electron chi connectivity index (χ3n) is 6.14. The van der Waals surface area contributed by atoms with Gasteiger partial charge in [0, 0.05) is 32.0 Å². The highest BCUT2D eigenvalue weighted by Gasteiger charge is 2.15. The summed E-state index contributed by atoms with van der Waals surface area (Å²) in [7, 11) is -1.76. The molecule has 4 aromatic carbocycles. The van der Waals surface area contributed by atoms with Gasteiger partial charge in [0.05, 0.1) is 23.0 Å². The van der Waals surface area contributed by atoms with Crippen LogP contribution < -0.4 is 19.1 Å².